The smallest absolute Gasteiger partial charge is 0.246 e. The zero-order valence-electron chi connectivity index (χ0n) is 9.90. The summed E-state index contributed by atoms with van der Waals surface area (Å²) in [6.45, 7) is 5.22. The monoisotopic (exact) mass is 256 g/mol. The summed E-state index contributed by atoms with van der Waals surface area (Å²) in [6.07, 6.45) is 0.705. The first-order valence-corrected chi connectivity index (χ1v) is 6.50. The van der Waals surface area contributed by atoms with Gasteiger partial charge in [-0.25, -0.2) is 0 Å². The molecule has 0 aliphatic carbocycles. The Kier molecular flexibility index (Phi) is 4.03. The average molecular weight is 256 g/mol. The van der Waals surface area contributed by atoms with E-state index in [2.05, 4.69) is 20.8 Å². The van der Waals surface area contributed by atoms with E-state index in [1.807, 2.05) is 13.8 Å². The van der Waals surface area contributed by atoms with Crippen LogP contribution in [0.5, 0.6) is 0 Å². The Hall–Kier alpha value is -1.05. The van der Waals surface area contributed by atoms with E-state index in [9.17, 15) is 4.79 Å². The second-order valence-corrected chi connectivity index (χ2v) is 4.91. The number of rotatable bonds is 3. The molecule has 1 saturated heterocycles. The molecule has 2 N–H and O–H groups in total. The van der Waals surface area contributed by atoms with Gasteiger partial charge in [-0.05, 0) is 13.3 Å². The lowest BCUT2D eigenvalue weighted by Crippen LogP contribution is -2.53. The number of hydrogen-bond acceptors (Lipinski definition) is 6. The minimum atomic E-state index is -0.322. The van der Waals surface area contributed by atoms with Crippen LogP contribution in [0.25, 0.3) is 0 Å². The molecule has 2 heterocycles. The molecule has 0 saturated carbocycles. The molecule has 1 fully saturated rings. The third kappa shape index (κ3) is 2.99. The van der Waals surface area contributed by atoms with Crippen molar-refractivity contribution >= 4 is 22.4 Å². The van der Waals surface area contributed by atoms with Crippen LogP contribution >= 0.6 is 11.3 Å². The number of hydrogen-bond donors (Lipinski definition) is 2. The van der Waals surface area contributed by atoms with Crippen molar-refractivity contribution in [1.29, 1.82) is 0 Å². The van der Waals surface area contributed by atoms with Crippen molar-refractivity contribution in [3.05, 3.63) is 5.01 Å². The van der Waals surface area contributed by atoms with Gasteiger partial charge in [0.05, 0.1) is 12.7 Å². The van der Waals surface area contributed by atoms with Gasteiger partial charge in [-0.1, -0.05) is 18.3 Å². The van der Waals surface area contributed by atoms with Crippen molar-refractivity contribution in [1.82, 2.24) is 15.5 Å². The van der Waals surface area contributed by atoms with Crippen LogP contribution in [0.4, 0.5) is 5.13 Å². The molecule has 0 bridgehead atoms. The number of aromatic nitrogens is 2. The molecule has 0 unspecified atom stereocenters. The average Bonchev–Trinajstić information content (AvgIpc) is 2.77. The molecule has 94 valence electrons. The van der Waals surface area contributed by atoms with Crippen LogP contribution < -0.4 is 10.6 Å². The van der Waals surface area contributed by atoms with E-state index < -0.39 is 0 Å². The van der Waals surface area contributed by atoms with E-state index in [0.29, 0.717) is 18.3 Å². The van der Waals surface area contributed by atoms with Gasteiger partial charge in [0.1, 0.15) is 11.0 Å². The Morgan fingerprint density at radius 2 is 2.47 bits per heavy atom. The molecule has 1 aliphatic heterocycles. The molecule has 1 amide bonds. The van der Waals surface area contributed by atoms with Crippen LogP contribution in [-0.2, 0) is 16.0 Å². The van der Waals surface area contributed by atoms with Gasteiger partial charge in [-0.2, -0.15) is 0 Å². The highest BCUT2D eigenvalue weighted by atomic mass is 32.1. The number of carbonyl (C=O) groups is 1. The molecule has 17 heavy (non-hydrogen) atoms. The van der Waals surface area contributed by atoms with Crippen molar-refractivity contribution in [2.45, 2.75) is 32.4 Å². The molecule has 6 nitrogen and oxygen atoms in total. The molecule has 1 aromatic rings. The zero-order valence-corrected chi connectivity index (χ0v) is 10.7. The predicted octanol–water partition coefficient (Wildman–Crippen LogP) is 0.416. The number of nitrogens with one attached hydrogen (secondary N) is 2. The fraction of sp³-hybridized carbons (Fsp3) is 0.700. The molecule has 1 aromatic heterocycles. The van der Waals surface area contributed by atoms with Crippen LogP contribution in [0.15, 0.2) is 0 Å². The summed E-state index contributed by atoms with van der Waals surface area (Å²) >= 11 is 1.40. The Labute approximate surface area is 104 Å². The van der Waals surface area contributed by atoms with Crippen molar-refractivity contribution in [2.24, 2.45) is 0 Å². The fourth-order valence-corrected chi connectivity index (χ4v) is 2.34. The lowest BCUT2D eigenvalue weighted by Gasteiger charge is -2.28. The summed E-state index contributed by atoms with van der Waals surface area (Å²) in [6, 6.07) is -0.322. The lowest BCUT2D eigenvalue weighted by molar-refractivity contribution is -0.123. The number of aryl methyl sites for hydroxylation is 1. The maximum atomic E-state index is 12.0. The van der Waals surface area contributed by atoms with Crippen LogP contribution in [0.1, 0.15) is 18.9 Å². The van der Waals surface area contributed by atoms with Gasteiger partial charge < -0.3 is 10.1 Å². The maximum absolute atomic E-state index is 12.0. The van der Waals surface area contributed by atoms with Crippen LogP contribution in [0, 0.1) is 0 Å². The molecule has 0 aromatic carbocycles. The number of amides is 1. The summed E-state index contributed by atoms with van der Waals surface area (Å²) in [5.41, 5.74) is 0. The second kappa shape index (κ2) is 5.52. The number of ether oxygens (including phenoxy) is 1. The lowest BCUT2D eigenvalue weighted by atomic mass is 10.1. The summed E-state index contributed by atoms with van der Waals surface area (Å²) in [4.78, 5) is 12.0. The van der Waals surface area contributed by atoms with E-state index in [-0.39, 0.29) is 18.1 Å². The highest BCUT2D eigenvalue weighted by Gasteiger charge is 2.28. The number of nitrogens with zero attached hydrogens (tertiary/aromatic N) is 2. The highest BCUT2D eigenvalue weighted by molar-refractivity contribution is 7.15. The number of morpholine rings is 1. The van der Waals surface area contributed by atoms with Crippen molar-refractivity contribution in [3.8, 4) is 0 Å². The summed E-state index contributed by atoms with van der Waals surface area (Å²) in [7, 11) is 0. The third-order valence-electron chi connectivity index (χ3n) is 2.60. The molecule has 2 atom stereocenters. The van der Waals surface area contributed by atoms with E-state index >= 15 is 0 Å². The standard InChI is InChI=1S/C10H16N4O2S/c1-3-7-13-14-10(17-7)12-9(15)8-6(2)16-5-4-11-8/h6,8,11H,3-5H2,1-2H3,(H,12,14,15)/t6-,8+/m1/s1. The number of carbonyl (C=O) groups excluding carboxylic acids is 1. The highest BCUT2D eigenvalue weighted by Crippen LogP contribution is 2.16. The quantitative estimate of drug-likeness (QED) is 0.819. The number of anilines is 1. The molecule has 7 heteroatoms. The Bertz CT molecular complexity index is 395. The largest absolute Gasteiger partial charge is 0.375 e. The van der Waals surface area contributed by atoms with Gasteiger partial charge in [-0.3, -0.25) is 10.1 Å². The normalized spacial score (nSPS) is 24.6. The van der Waals surface area contributed by atoms with Gasteiger partial charge in [0.25, 0.3) is 0 Å². The maximum Gasteiger partial charge on any atom is 0.246 e. The van der Waals surface area contributed by atoms with Crippen molar-refractivity contribution in [3.63, 3.8) is 0 Å². The van der Waals surface area contributed by atoms with E-state index in [1.165, 1.54) is 11.3 Å². The van der Waals surface area contributed by atoms with Crippen LogP contribution in [0.2, 0.25) is 0 Å². The molecular weight excluding hydrogens is 240 g/mol. The minimum Gasteiger partial charge on any atom is -0.375 e. The van der Waals surface area contributed by atoms with Gasteiger partial charge in [0, 0.05) is 6.54 Å². The fourth-order valence-electron chi connectivity index (χ4n) is 1.66. The van der Waals surface area contributed by atoms with Gasteiger partial charge in [-0.15, -0.1) is 10.2 Å². The first-order chi connectivity index (χ1) is 8.20. The zero-order chi connectivity index (χ0) is 12.3. The van der Waals surface area contributed by atoms with Gasteiger partial charge in [0.2, 0.25) is 11.0 Å². The van der Waals surface area contributed by atoms with E-state index in [4.69, 9.17) is 4.74 Å². The predicted molar refractivity (Wildman–Crippen MR) is 65.1 cm³/mol. The van der Waals surface area contributed by atoms with Crippen LogP contribution in [0.3, 0.4) is 0 Å². The molecule has 0 spiro atoms. The molecule has 0 radical (unpaired) electrons. The summed E-state index contributed by atoms with van der Waals surface area (Å²) < 4.78 is 5.42. The Morgan fingerprint density at radius 3 is 3.12 bits per heavy atom. The van der Waals surface area contributed by atoms with E-state index in [1.54, 1.807) is 0 Å². The minimum absolute atomic E-state index is 0.115. The molecular formula is C10H16N4O2S. The first-order valence-electron chi connectivity index (χ1n) is 5.69. The molecule has 2 rings (SSSR count). The topological polar surface area (TPSA) is 76.1 Å². The summed E-state index contributed by atoms with van der Waals surface area (Å²) in [5, 5.41) is 15.2. The Balaban J connectivity index is 1.95. The Morgan fingerprint density at radius 1 is 1.65 bits per heavy atom. The second-order valence-electron chi connectivity index (χ2n) is 3.85. The summed E-state index contributed by atoms with van der Waals surface area (Å²) in [5.74, 6) is -0.115. The van der Waals surface area contributed by atoms with Crippen molar-refractivity contribution < 1.29 is 9.53 Å². The van der Waals surface area contributed by atoms with E-state index in [0.717, 1.165) is 11.4 Å². The van der Waals surface area contributed by atoms with Crippen LogP contribution in [-0.4, -0.2) is 41.4 Å². The first kappa shape index (κ1) is 12.4. The molecule has 1 aliphatic rings. The SMILES string of the molecule is CCc1nnc(NC(=O)[C@H]2NCCO[C@@H]2C)s1. The van der Waals surface area contributed by atoms with Crippen molar-refractivity contribution in [2.75, 3.05) is 18.5 Å². The third-order valence-corrected chi connectivity index (χ3v) is 3.58. The van der Waals surface area contributed by atoms with Gasteiger partial charge >= 0.3 is 0 Å². The van der Waals surface area contributed by atoms with Gasteiger partial charge in [0.15, 0.2) is 0 Å².